The van der Waals surface area contributed by atoms with Crippen LogP contribution in [0.2, 0.25) is 0 Å². The minimum atomic E-state index is -0.451. The summed E-state index contributed by atoms with van der Waals surface area (Å²) in [7, 11) is 1.34. The zero-order chi connectivity index (χ0) is 23.1. The number of esters is 1. The van der Waals surface area contributed by atoms with Crippen molar-refractivity contribution in [1.82, 2.24) is 10.5 Å². The van der Waals surface area contributed by atoms with E-state index in [1.165, 1.54) is 7.11 Å². The molecule has 32 heavy (non-hydrogen) atoms. The predicted molar refractivity (Wildman–Crippen MR) is 119 cm³/mol. The van der Waals surface area contributed by atoms with Crippen molar-refractivity contribution in [2.45, 2.75) is 46.3 Å². The molecule has 0 aliphatic heterocycles. The van der Waals surface area contributed by atoms with Gasteiger partial charge in [0.05, 0.1) is 37.3 Å². The molecule has 0 aliphatic rings. The van der Waals surface area contributed by atoms with Crippen molar-refractivity contribution in [2.24, 2.45) is 0 Å². The number of nitrogens with one attached hydrogen (secondary N) is 1. The SMILES string of the molecule is COC(=O)C[C@H](NC(=O)Cc1ccc(OCc2c(C)noc2C)cc1)c1ccc(C)cc1. The number of carbonyl (C=O) groups excluding carboxylic acids is 2. The van der Waals surface area contributed by atoms with Gasteiger partial charge in [-0.1, -0.05) is 47.1 Å². The molecule has 2 aromatic carbocycles. The topological polar surface area (TPSA) is 90.7 Å². The van der Waals surface area contributed by atoms with Gasteiger partial charge in [-0.2, -0.15) is 0 Å². The van der Waals surface area contributed by atoms with Crippen LogP contribution in [0.15, 0.2) is 53.1 Å². The Labute approximate surface area is 187 Å². The van der Waals surface area contributed by atoms with E-state index >= 15 is 0 Å². The van der Waals surface area contributed by atoms with Crippen molar-refractivity contribution in [3.05, 3.63) is 82.2 Å². The zero-order valence-corrected chi connectivity index (χ0v) is 18.8. The van der Waals surface area contributed by atoms with Gasteiger partial charge in [0.15, 0.2) is 0 Å². The van der Waals surface area contributed by atoms with Crippen molar-refractivity contribution in [3.63, 3.8) is 0 Å². The van der Waals surface area contributed by atoms with Crippen LogP contribution in [0.25, 0.3) is 0 Å². The molecule has 0 bridgehead atoms. The molecule has 1 atom stereocenters. The van der Waals surface area contributed by atoms with Crippen LogP contribution in [0, 0.1) is 20.8 Å². The number of ether oxygens (including phenoxy) is 2. The summed E-state index contributed by atoms with van der Waals surface area (Å²) in [6.45, 7) is 6.08. The Morgan fingerprint density at radius 1 is 1.03 bits per heavy atom. The minimum Gasteiger partial charge on any atom is -0.489 e. The number of amides is 1. The summed E-state index contributed by atoms with van der Waals surface area (Å²) in [4.78, 5) is 24.5. The number of hydrogen-bond donors (Lipinski definition) is 1. The molecule has 168 valence electrons. The van der Waals surface area contributed by atoms with Gasteiger partial charge in [0.2, 0.25) is 5.91 Å². The maximum atomic E-state index is 12.7. The number of benzene rings is 2. The van der Waals surface area contributed by atoms with E-state index in [4.69, 9.17) is 14.0 Å². The minimum absolute atomic E-state index is 0.0692. The number of methoxy groups -OCH3 is 1. The smallest absolute Gasteiger partial charge is 0.307 e. The maximum absolute atomic E-state index is 12.7. The molecular weight excluding hydrogens is 408 g/mol. The molecule has 0 saturated carbocycles. The van der Waals surface area contributed by atoms with Gasteiger partial charge in [0, 0.05) is 0 Å². The number of nitrogens with zero attached hydrogens (tertiary/aromatic N) is 1. The standard InChI is InChI=1S/C25H28N2O5/c1-16-5-9-20(10-6-16)23(14-25(29)30-4)26-24(28)13-19-7-11-21(12-8-19)31-15-22-17(2)27-32-18(22)3/h5-12,23H,13-15H2,1-4H3,(H,26,28)/t23-/m0/s1. The summed E-state index contributed by atoms with van der Waals surface area (Å²) in [6.07, 6.45) is 0.257. The first-order chi connectivity index (χ1) is 15.4. The summed E-state index contributed by atoms with van der Waals surface area (Å²) in [5.41, 5.74) is 4.55. The third-order valence-corrected chi connectivity index (χ3v) is 5.27. The Bertz CT molecular complexity index is 1040. The lowest BCUT2D eigenvalue weighted by Gasteiger charge is -2.18. The number of aryl methyl sites for hydroxylation is 3. The van der Waals surface area contributed by atoms with Crippen molar-refractivity contribution in [3.8, 4) is 5.75 Å². The average molecular weight is 437 g/mol. The van der Waals surface area contributed by atoms with Gasteiger partial charge in [-0.3, -0.25) is 9.59 Å². The lowest BCUT2D eigenvalue weighted by Crippen LogP contribution is -2.31. The first-order valence-electron chi connectivity index (χ1n) is 10.4. The molecule has 1 heterocycles. The molecule has 0 unspecified atom stereocenters. The third kappa shape index (κ3) is 6.20. The summed E-state index contributed by atoms with van der Waals surface area (Å²) < 4.78 is 15.7. The van der Waals surface area contributed by atoms with E-state index in [-0.39, 0.29) is 24.7 Å². The second kappa shape index (κ2) is 10.6. The summed E-state index contributed by atoms with van der Waals surface area (Å²) in [5.74, 6) is 0.878. The average Bonchev–Trinajstić information content (AvgIpc) is 3.10. The van der Waals surface area contributed by atoms with Crippen molar-refractivity contribution < 1.29 is 23.6 Å². The molecule has 0 spiro atoms. The molecule has 7 heteroatoms. The Balaban J connectivity index is 1.59. The van der Waals surface area contributed by atoms with Crippen LogP contribution < -0.4 is 10.1 Å². The molecule has 1 aromatic heterocycles. The van der Waals surface area contributed by atoms with Crippen LogP contribution in [0.5, 0.6) is 5.75 Å². The second-order valence-corrected chi connectivity index (χ2v) is 7.72. The highest BCUT2D eigenvalue weighted by atomic mass is 16.5. The quantitative estimate of drug-likeness (QED) is 0.507. The molecule has 3 rings (SSSR count). The lowest BCUT2D eigenvalue weighted by molar-refractivity contribution is -0.141. The normalized spacial score (nSPS) is 11.6. The van der Waals surface area contributed by atoms with Crippen LogP contribution in [0.3, 0.4) is 0 Å². The van der Waals surface area contributed by atoms with E-state index in [9.17, 15) is 9.59 Å². The van der Waals surface area contributed by atoms with Crippen LogP contribution in [0.4, 0.5) is 0 Å². The second-order valence-electron chi connectivity index (χ2n) is 7.72. The van der Waals surface area contributed by atoms with Crippen molar-refractivity contribution in [2.75, 3.05) is 7.11 Å². The van der Waals surface area contributed by atoms with Gasteiger partial charge in [-0.15, -0.1) is 0 Å². The maximum Gasteiger partial charge on any atom is 0.307 e. The van der Waals surface area contributed by atoms with E-state index < -0.39 is 6.04 Å². The summed E-state index contributed by atoms with van der Waals surface area (Å²) in [6, 6.07) is 14.6. The summed E-state index contributed by atoms with van der Waals surface area (Å²) >= 11 is 0. The Hall–Kier alpha value is -3.61. The van der Waals surface area contributed by atoms with E-state index in [0.717, 1.165) is 33.7 Å². The number of aromatic nitrogens is 1. The molecule has 1 N–H and O–H groups in total. The first-order valence-corrected chi connectivity index (χ1v) is 10.4. The van der Waals surface area contributed by atoms with Crippen LogP contribution in [-0.4, -0.2) is 24.1 Å². The Morgan fingerprint density at radius 2 is 1.72 bits per heavy atom. The fourth-order valence-electron chi connectivity index (χ4n) is 3.30. The van der Waals surface area contributed by atoms with Crippen molar-refractivity contribution >= 4 is 11.9 Å². The van der Waals surface area contributed by atoms with Gasteiger partial charge in [-0.05, 0) is 44.0 Å². The number of rotatable bonds is 9. The van der Waals surface area contributed by atoms with E-state index in [2.05, 4.69) is 10.5 Å². The molecule has 0 aliphatic carbocycles. The Kier molecular flexibility index (Phi) is 7.65. The van der Waals surface area contributed by atoms with Crippen LogP contribution in [-0.2, 0) is 27.4 Å². The summed E-state index contributed by atoms with van der Waals surface area (Å²) in [5, 5.41) is 6.87. The van der Waals surface area contributed by atoms with Gasteiger partial charge in [-0.25, -0.2) is 0 Å². The van der Waals surface area contributed by atoms with Crippen LogP contribution >= 0.6 is 0 Å². The molecule has 0 saturated heterocycles. The number of hydrogen-bond acceptors (Lipinski definition) is 6. The van der Waals surface area contributed by atoms with Gasteiger partial charge < -0.3 is 19.3 Å². The molecule has 1 amide bonds. The highest BCUT2D eigenvalue weighted by molar-refractivity contribution is 5.80. The highest BCUT2D eigenvalue weighted by Gasteiger charge is 2.19. The molecular formula is C25H28N2O5. The fraction of sp³-hybridized carbons (Fsp3) is 0.320. The fourth-order valence-corrected chi connectivity index (χ4v) is 3.30. The Morgan fingerprint density at radius 3 is 2.31 bits per heavy atom. The molecule has 3 aromatic rings. The van der Waals surface area contributed by atoms with E-state index in [0.29, 0.717) is 12.4 Å². The van der Waals surface area contributed by atoms with Crippen molar-refractivity contribution in [1.29, 1.82) is 0 Å². The van der Waals surface area contributed by atoms with E-state index in [1.807, 2.05) is 69.3 Å². The molecule has 7 nitrogen and oxygen atoms in total. The first kappa shape index (κ1) is 23.1. The highest BCUT2D eigenvalue weighted by Crippen LogP contribution is 2.20. The largest absolute Gasteiger partial charge is 0.489 e. The zero-order valence-electron chi connectivity index (χ0n) is 18.8. The van der Waals surface area contributed by atoms with Gasteiger partial charge in [0.1, 0.15) is 18.1 Å². The molecule has 0 fully saturated rings. The third-order valence-electron chi connectivity index (χ3n) is 5.27. The lowest BCUT2D eigenvalue weighted by atomic mass is 10.0. The van der Waals surface area contributed by atoms with E-state index in [1.54, 1.807) is 0 Å². The monoisotopic (exact) mass is 436 g/mol. The predicted octanol–water partition coefficient (Wildman–Crippen LogP) is 4.14. The number of carbonyl (C=O) groups is 2. The van der Waals surface area contributed by atoms with Gasteiger partial charge >= 0.3 is 5.97 Å². The molecule has 0 radical (unpaired) electrons. The van der Waals surface area contributed by atoms with Gasteiger partial charge in [0.25, 0.3) is 0 Å². The van der Waals surface area contributed by atoms with Crippen LogP contribution in [0.1, 0.15) is 46.2 Å².